The third-order valence-corrected chi connectivity index (χ3v) is 5.43. The van der Waals surface area contributed by atoms with Crippen LogP contribution >= 0.6 is 0 Å². The van der Waals surface area contributed by atoms with Gasteiger partial charge in [0.05, 0.1) is 11.5 Å². The highest BCUT2D eigenvalue weighted by atomic mass is 32.2. The second-order valence-electron chi connectivity index (χ2n) is 5.91. The highest BCUT2D eigenvalue weighted by molar-refractivity contribution is 7.90. The van der Waals surface area contributed by atoms with Crippen molar-refractivity contribution in [2.24, 2.45) is 4.99 Å². The Morgan fingerprint density at radius 2 is 1.69 bits per heavy atom. The van der Waals surface area contributed by atoms with Gasteiger partial charge in [0.25, 0.3) is 0 Å². The van der Waals surface area contributed by atoms with Crippen molar-refractivity contribution < 1.29 is 12.8 Å². The highest BCUT2D eigenvalue weighted by Gasteiger charge is 2.11. The van der Waals surface area contributed by atoms with Gasteiger partial charge < -0.3 is 10.6 Å². The van der Waals surface area contributed by atoms with Crippen LogP contribution in [-0.2, 0) is 22.1 Å². The van der Waals surface area contributed by atoms with E-state index in [-0.39, 0.29) is 17.3 Å². The SMILES string of the molecule is CN=C(NCCCS(=O)(=O)Cc1ccccc1)NCc1ccc(F)cc1. The number of hydrogen-bond donors (Lipinski definition) is 2. The number of hydrogen-bond acceptors (Lipinski definition) is 3. The Morgan fingerprint density at radius 3 is 2.35 bits per heavy atom. The van der Waals surface area contributed by atoms with Crippen molar-refractivity contribution in [2.75, 3.05) is 19.3 Å². The van der Waals surface area contributed by atoms with Crippen molar-refractivity contribution in [3.8, 4) is 0 Å². The molecule has 2 aromatic rings. The van der Waals surface area contributed by atoms with Gasteiger partial charge in [-0.25, -0.2) is 12.8 Å². The molecule has 2 N–H and O–H groups in total. The Bertz CT molecular complexity index is 806. The smallest absolute Gasteiger partial charge is 0.191 e. The summed E-state index contributed by atoms with van der Waals surface area (Å²) in [7, 11) is -1.49. The summed E-state index contributed by atoms with van der Waals surface area (Å²) in [6, 6.07) is 15.4. The molecule has 0 amide bonds. The maximum Gasteiger partial charge on any atom is 0.191 e. The molecule has 0 aliphatic carbocycles. The monoisotopic (exact) mass is 377 g/mol. The lowest BCUT2D eigenvalue weighted by Gasteiger charge is -2.12. The molecule has 0 aliphatic rings. The lowest BCUT2D eigenvalue weighted by molar-refractivity contribution is 0.591. The van der Waals surface area contributed by atoms with Crippen LogP contribution in [-0.4, -0.2) is 33.7 Å². The zero-order valence-corrected chi connectivity index (χ0v) is 15.6. The molecule has 0 saturated carbocycles. The van der Waals surface area contributed by atoms with E-state index < -0.39 is 9.84 Å². The molecule has 0 atom stereocenters. The van der Waals surface area contributed by atoms with Crippen molar-refractivity contribution in [1.82, 2.24) is 10.6 Å². The van der Waals surface area contributed by atoms with Crippen LogP contribution in [0.4, 0.5) is 4.39 Å². The van der Waals surface area contributed by atoms with Gasteiger partial charge in [-0.2, -0.15) is 0 Å². The van der Waals surface area contributed by atoms with E-state index in [0.717, 1.165) is 11.1 Å². The Kier molecular flexibility index (Phi) is 7.59. The molecule has 2 aromatic carbocycles. The Balaban J connectivity index is 1.71. The molecule has 0 aromatic heterocycles. The fourth-order valence-electron chi connectivity index (χ4n) is 2.41. The first-order chi connectivity index (χ1) is 12.5. The molecule has 0 fully saturated rings. The third-order valence-electron chi connectivity index (χ3n) is 3.75. The van der Waals surface area contributed by atoms with E-state index >= 15 is 0 Å². The minimum atomic E-state index is -3.13. The van der Waals surface area contributed by atoms with Crippen LogP contribution in [0.5, 0.6) is 0 Å². The first-order valence-corrected chi connectivity index (χ1v) is 10.2. The number of sulfone groups is 1. The summed E-state index contributed by atoms with van der Waals surface area (Å²) in [4.78, 5) is 4.09. The second-order valence-corrected chi connectivity index (χ2v) is 8.09. The van der Waals surface area contributed by atoms with E-state index in [1.165, 1.54) is 12.1 Å². The molecule has 0 radical (unpaired) electrons. The molecule has 7 heteroatoms. The van der Waals surface area contributed by atoms with Gasteiger partial charge in [0.15, 0.2) is 15.8 Å². The van der Waals surface area contributed by atoms with Crippen molar-refractivity contribution in [3.05, 3.63) is 71.5 Å². The van der Waals surface area contributed by atoms with Crippen molar-refractivity contribution in [3.63, 3.8) is 0 Å². The first kappa shape index (κ1) is 19.9. The number of nitrogens with one attached hydrogen (secondary N) is 2. The van der Waals surface area contributed by atoms with Crippen LogP contribution < -0.4 is 10.6 Å². The Morgan fingerprint density at radius 1 is 1.00 bits per heavy atom. The van der Waals surface area contributed by atoms with E-state index in [1.807, 2.05) is 30.3 Å². The molecule has 0 heterocycles. The number of guanidine groups is 1. The van der Waals surface area contributed by atoms with Gasteiger partial charge >= 0.3 is 0 Å². The molecule has 2 rings (SSSR count). The average Bonchev–Trinajstić information content (AvgIpc) is 2.63. The fraction of sp³-hybridized carbons (Fsp3) is 0.316. The average molecular weight is 377 g/mol. The zero-order chi connectivity index (χ0) is 18.8. The maximum absolute atomic E-state index is 12.9. The van der Waals surface area contributed by atoms with E-state index in [9.17, 15) is 12.8 Å². The molecule has 0 aliphatic heterocycles. The summed E-state index contributed by atoms with van der Waals surface area (Å²) in [5.41, 5.74) is 1.73. The summed E-state index contributed by atoms with van der Waals surface area (Å²) < 4.78 is 37.2. The topological polar surface area (TPSA) is 70.6 Å². The molecule has 0 bridgehead atoms. The van der Waals surface area contributed by atoms with Crippen molar-refractivity contribution in [1.29, 1.82) is 0 Å². The quantitative estimate of drug-likeness (QED) is 0.421. The normalized spacial score (nSPS) is 12.0. The minimum absolute atomic E-state index is 0.0609. The first-order valence-electron chi connectivity index (χ1n) is 8.42. The van der Waals surface area contributed by atoms with Crippen LogP contribution in [0.3, 0.4) is 0 Å². The second kappa shape index (κ2) is 9.91. The number of rotatable bonds is 8. The van der Waals surface area contributed by atoms with Gasteiger partial charge in [-0.05, 0) is 29.7 Å². The Hall–Kier alpha value is -2.41. The number of nitrogens with zero attached hydrogens (tertiary/aromatic N) is 1. The van der Waals surface area contributed by atoms with E-state index in [4.69, 9.17) is 0 Å². The van der Waals surface area contributed by atoms with E-state index in [1.54, 1.807) is 19.2 Å². The van der Waals surface area contributed by atoms with Gasteiger partial charge in [-0.15, -0.1) is 0 Å². The molecule has 0 saturated heterocycles. The summed E-state index contributed by atoms with van der Waals surface area (Å²) in [5, 5.41) is 6.20. The predicted octanol–water partition coefficient (Wildman–Crippen LogP) is 2.50. The van der Waals surface area contributed by atoms with Gasteiger partial charge in [-0.3, -0.25) is 4.99 Å². The minimum Gasteiger partial charge on any atom is -0.356 e. The number of halogens is 1. The molecular formula is C19H24FN3O2S. The number of benzene rings is 2. The summed E-state index contributed by atoms with van der Waals surface area (Å²) >= 11 is 0. The van der Waals surface area contributed by atoms with Crippen LogP contribution in [0.25, 0.3) is 0 Å². The fourth-order valence-corrected chi connectivity index (χ4v) is 3.84. The largest absolute Gasteiger partial charge is 0.356 e. The summed E-state index contributed by atoms with van der Waals surface area (Å²) in [6.45, 7) is 1.00. The van der Waals surface area contributed by atoms with Crippen molar-refractivity contribution in [2.45, 2.75) is 18.7 Å². The Labute approximate surface area is 154 Å². The van der Waals surface area contributed by atoms with Crippen LogP contribution in [0.1, 0.15) is 17.5 Å². The molecular weight excluding hydrogens is 353 g/mol. The molecule has 0 unspecified atom stereocenters. The lowest BCUT2D eigenvalue weighted by atomic mass is 10.2. The zero-order valence-electron chi connectivity index (χ0n) is 14.8. The highest BCUT2D eigenvalue weighted by Crippen LogP contribution is 2.07. The lowest BCUT2D eigenvalue weighted by Crippen LogP contribution is -2.37. The molecule has 0 spiro atoms. The summed E-state index contributed by atoms with van der Waals surface area (Å²) in [5.74, 6) is 0.484. The molecule has 5 nitrogen and oxygen atoms in total. The van der Waals surface area contributed by atoms with Gasteiger partial charge in [-0.1, -0.05) is 42.5 Å². The van der Waals surface area contributed by atoms with Crippen LogP contribution in [0.15, 0.2) is 59.6 Å². The van der Waals surface area contributed by atoms with E-state index in [2.05, 4.69) is 15.6 Å². The predicted molar refractivity (Wildman–Crippen MR) is 103 cm³/mol. The van der Waals surface area contributed by atoms with Crippen LogP contribution in [0, 0.1) is 5.82 Å². The maximum atomic E-state index is 12.9. The molecule has 140 valence electrons. The standard InChI is InChI=1S/C19H24FN3O2S/c1-21-19(23-14-16-8-10-18(20)11-9-16)22-12-5-13-26(24,25)15-17-6-3-2-4-7-17/h2-4,6-11H,5,12-15H2,1H3,(H2,21,22,23). The summed E-state index contributed by atoms with van der Waals surface area (Å²) in [6.07, 6.45) is 0.492. The van der Waals surface area contributed by atoms with Crippen molar-refractivity contribution >= 4 is 15.8 Å². The molecule has 26 heavy (non-hydrogen) atoms. The van der Waals surface area contributed by atoms with Crippen LogP contribution in [0.2, 0.25) is 0 Å². The van der Waals surface area contributed by atoms with Gasteiger partial charge in [0, 0.05) is 20.1 Å². The van der Waals surface area contributed by atoms with Gasteiger partial charge in [0.2, 0.25) is 0 Å². The third kappa shape index (κ3) is 7.23. The number of aliphatic imine (C=N–C) groups is 1. The van der Waals surface area contributed by atoms with E-state index in [0.29, 0.717) is 25.5 Å². The van der Waals surface area contributed by atoms with Gasteiger partial charge in [0.1, 0.15) is 5.82 Å².